The van der Waals surface area contributed by atoms with Crippen LogP contribution < -0.4 is 10.6 Å². The molecule has 1 aliphatic heterocycles. The molecule has 0 spiro atoms. The van der Waals surface area contributed by atoms with E-state index in [0.717, 1.165) is 58.0 Å². The molecule has 2 heterocycles. The molecular formula is C18H31N3O2S. The van der Waals surface area contributed by atoms with E-state index in [4.69, 9.17) is 9.47 Å². The summed E-state index contributed by atoms with van der Waals surface area (Å²) in [7, 11) is 1.82. The lowest BCUT2D eigenvalue weighted by Gasteiger charge is -2.22. The Morgan fingerprint density at radius 3 is 2.88 bits per heavy atom. The van der Waals surface area contributed by atoms with Gasteiger partial charge in [-0.15, -0.1) is 11.3 Å². The molecule has 6 heteroatoms. The summed E-state index contributed by atoms with van der Waals surface area (Å²) < 4.78 is 11.2. The third-order valence-electron chi connectivity index (χ3n) is 4.05. The van der Waals surface area contributed by atoms with Crippen LogP contribution in [0.4, 0.5) is 0 Å². The van der Waals surface area contributed by atoms with Crippen LogP contribution in [0, 0.1) is 6.92 Å². The van der Waals surface area contributed by atoms with Gasteiger partial charge >= 0.3 is 0 Å². The van der Waals surface area contributed by atoms with Crippen LogP contribution in [0.3, 0.4) is 0 Å². The lowest BCUT2D eigenvalue weighted by molar-refractivity contribution is -0.0320. The molecule has 1 aromatic rings. The molecule has 0 saturated carbocycles. The molecule has 0 aromatic carbocycles. The molecule has 0 radical (unpaired) electrons. The fraction of sp³-hybridized carbons (Fsp3) is 0.722. The Morgan fingerprint density at radius 2 is 2.21 bits per heavy atom. The molecule has 1 fully saturated rings. The molecule has 24 heavy (non-hydrogen) atoms. The Morgan fingerprint density at radius 1 is 1.42 bits per heavy atom. The van der Waals surface area contributed by atoms with Gasteiger partial charge in [0.2, 0.25) is 0 Å². The van der Waals surface area contributed by atoms with E-state index < -0.39 is 0 Å². The second kappa shape index (κ2) is 10.7. The normalized spacial score (nSPS) is 17.7. The van der Waals surface area contributed by atoms with Crippen LogP contribution in [0.25, 0.3) is 0 Å². The summed E-state index contributed by atoms with van der Waals surface area (Å²) in [5.41, 5.74) is 0. The van der Waals surface area contributed by atoms with Gasteiger partial charge in [0, 0.05) is 55.6 Å². The van der Waals surface area contributed by atoms with Crippen LogP contribution in [0.1, 0.15) is 35.9 Å². The van der Waals surface area contributed by atoms with Crippen molar-refractivity contribution in [2.24, 2.45) is 4.99 Å². The summed E-state index contributed by atoms with van der Waals surface area (Å²) in [6, 6.07) is 4.74. The van der Waals surface area contributed by atoms with Gasteiger partial charge < -0.3 is 20.1 Å². The highest BCUT2D eigenvalue weighted by atomic mass is 32.1. The Bertz CT molecular complexity index is 498. The van der Waals surface area contributed by atoms with Gasteiger partial charge in [-0.2, -0.15) is 0 Å². The van der Waals surface area contributed by atoms with E-state index in [0.29, 0.717) is 12.1 Å². The first-order valence-corrected chi connectivity index (χ1v) is 9.71. The van der Waals surface area contributed by atoms with Crippen molar-refractivity contribution in [3.8, 4) is 0 Å². The maximum Gasteiger partial charge on any atom is 0.191 e. The standard InChI is InChI=1S/C18H31N3O2S/c1-14(13-17-6-5-15(2)24-17)21-18(19-3)20-9-4-10-23-16-7-11-22-12-8-16/h5-6,14,16H,4,7-13H2,1-3H3,(H2,19,20,21). The number of guanidine groups is 1. The predicted octanol–water partition coefficient (Wildman–Crippen LogP) is 2.74. The van der Waals surface area contributed by atoms with Crippen molar-refractivity contribution in [1.82, 2.24) is 10.6 Å². The average molecular weight is 354 g/mol. The van der Waals surface area contributed by atoms with Crippen molar-refractivity contribution in [2.45, 2.75) is 51.7 Å². The van der Waals surface area contributed by atoms with E-state index in [2.05, 4.69) is 41.6 Å². The van der Waals surface area contributed by atoms with Crippen LogP contribution in [-0.2, 0) is 15.9 Å². The molecule has 5 nitrogen and oxygen atoms in total. The maximum atomic E-state index is 5.88. The van der Waals surface area contributed by atoms with E-state index in [1.165, 1.54) is 9.75 Å². The van der Waals surface area contributed by atoms with Gasteiger partial charge in [0.1, 0.15) is 0 Å². The largest absolute Gasteiger partial charge is 0.381 e. The summed E-state index contributed by atoms with van der Waals surface area (Å²) >= 11 is 1.86. The zero-order valence-electron chi connectivity index (χ0n) is 15.1. The minimum atomic E-state index is 0.354. The second-order valence-electron chi connectivity index (χ2n) is 6.30. The molecule has 2 N–H and O–H groups in total. The third kappa shape index (κ3) is 7.20. The van der Waals surface area contributed by atoms with Crippen molar-refractivity contribution in [3.05, 3.63) is 21.9 Å². The van der Waals surface area contributed by atoms with E-state index >= 15 is 0 Å². The number of hydrogen-bond acceptors (Lipinski definition) is 4. The average Bonchev–Trinajstić information content (AvgIpc) is 2.99. The first-order chi connectivity index (χ1) is 11.7. The SMILES string of the molecule is CN=C(NCCCOC1CCOCC1)NC(C)Cc1ccc(C)s1. The number of rotatable bonds is 8. The minimum Gasteiger partial charge on any atom is -0.381 e. The van der Waals surface area contributed by atoms with Crippen molar-refractivity contribution in [3.63, 3.8) is 0 Å². The highest BCUT2D eigenvalue weighted by Crippen LogP contribution is 2.16. The predicted molar refractivity (Wildman–Crippen MR) is 101 cm³/mol. The lowest BCUT2D eigenvalue weighted by Crippen LogP contribution is -2.43. The van der Waals surface area contributed by atoms with Crippen LogP contribution in [0.5, 0.6) is 0 Å². The fourth-order valence-corrected chi connectivity index (χ4v) is 3.77. The van der Waals surface area contributed by atoms with Gasteiger partial charge in [-0.05, 0) is 45.2 Å². The Kier molecular flexibility index (Phi) is 8.56. The van der Waals surface area contributed by atoms with Gasteiger partial charge in [0.25, 0.3) is 0 Å². The number of aliphatic imine (C=N–C) groups is 1. The molecule has 0 bridgehead atoms. The molecule has 1 saturated heterocycles. The molecule has 1 unspecified atom stereocenters. The number of aryl methyl sites for hydroxylation is 1. The lowest BCUT2D eigenvalue weighted by atomic mass is 10.1. The van der Waals surface area contributed by atoms with E-state index in [1.807, 2.05) is 18.4 Å². The molecular weight excluding hydrogens is 322 g/mol. The molecule has 1 aliphatic rings. The first-order valence-electron chi connectivity index (χ1n) is 8.89. The molecule has 136 valence electrons. The summed E-state index contributed by atoms with van der Waals surface area (Å²) in [5.74, 6) is 0.863. The minimum absolute atomic E-state index is 0.354. The summed E-state index contributed by atoms with van der Waals surface area (Å²) in [4.78, 5) is 7.08. The number of nitrogens with zero attached hydrogens (tertiary/aromatic N) is 1. The Balaban J connectivity index is 1.57. The zero-order valence-corrected chi connectivity index (χ0v) is 16.0. The molecule has 0 aliphatic carbocycles. The molecule has 1 atom stereocenters. The fourth-order valence-electron chi connectivity index (χ4n) is 2.75. The quantitative estimate of drug-likeness (QED) is 0.429. The van der Waals surface area contributed by atoms with Crippen LogP contribution in [0.2, 0.25) is 0 Å². The highest BCUT2D eigenvalue weighted by Gasteiger charge is 2.13. The van der Waals surface area contributed by atoms with Crippen molar-refractivity contribution in [2.75, 3.05) is 33.4 Å². The number of ether oxygens (including phenoxy) is 2. The van der Waals surface area contributed by atoms with Crippen molar-refractivity contribution in [1.29, 1.82) is 0 Å². The Hall–Kier alpha value is -1.11. The summed E-state index contributed by atoms with van der Waals surface area (Å²) in [6.45, 7) is 7.67. The van der Waals surface area contributed by atoms with Crippen molar-refractivity contribution < 1.29 is 9.47 Å². The van der Waals surface area contributed by atoms with E-state index in [1.54, 1.807) is 0 Å². The van der Waals surface area contributed by atoms with Crippen molar-refractivity contribution >= 4 is 17.3 Å². The summed E-state index contributed by atoms with van der Waals surface area (Å²) in [5, 5.41) is 6.82. The van der Waals surface area contributed by atoms with Gasteiger partial charge in [-0.3, -0.25) is 4.99 Å². The highest BCUT2D eigenvalue weighted by molar-refractivity contribution is 7.11. The third-order valence-corrected chi connectivity index (χ3v) is 5.07. The molecule has 1 aromatic heterocycles. The van der Waals surface area contributed by atoms with Gasteiger partial charge in [0.15, 0.2) is 5.96 Å². The number of nitrogens with one attached hydrogen (secondary N) is 2. The van der Waals surface area contributed by atoms with Gasteiger partial charge in [-0.25, -0.2) is 0 Å². The van der Waals surface area contributed by atoms with Crippen LogP contribution >= 0.6 is 11.3 Å². The summed E-state index contributed by atoms with van der Waals surface area (Å²) in [6.07, 6.45) is 4.43. The smallest absolute Gasteiger partial charge is 0.191 e. The van der Waals surface area contributed by atoms with Crippen LogP contribution in [0.15, 0.2) is 17.1 Å². The van der Waals surface area contributed by atoms with E-state index in [9.17, 15) is 0 Å². The van der Waals surface area contributed by atoms with Crippen LogP contribution in [-0.4, -0.2) is 51.5 Å². The van der Waals surface area contributed by atoms with E-state index in [-0.39, 0.29) is 0 Å². The molecule has 2 rings (SSSR count). The van der Waals surface area contributed by atoms with Gasteiger partial charge in [-0.1, -0.05) is 0 Å². The zero-order chi connectivity index (χ0) is 17.2. The number of hydrogen-bond donors (Lipinski definition) is 2. The first kappa shape index (κ1) is 19.2. The topological polar surface area (TPSA) is 54.9 Å². The monoisotopic (exact) mass is 353 g/mol. The second-order valence-corrected chi connectivity index (χ2v) is 7.67. The van der Waals surface area contributed by atoms with Gasteiger partial charge in [0.05, 0.1) is 6.10 Å². The number of thiophene rings is 1. The molecule has 0 amide bonds. The Labute approximate surface area is 149 Å². The maximum absolute atomic E-state index is 5.88.